The lowest BCUT2D eigenvalue weighted by Gasteiger charge is -1.92. The first-order chi connectivity index (χ1) is 13.2. The second-order valence-electron chi connectivity index (χ2n) is 5.84. The molecule has 0 aliphatic heterocycles. The first-order valence-corrected chi connectivity index (χ1v) is 8.50. The summed E-state index contributed by atoms with van der Waals surface area (Å²) >= 11 is 0. The van der Waals surface area contributed by atoms with Crippen LogP contribution in [0.3, 0.4) is 0 Å². The number of rotatable bonds is 6. The molecule has 3 aromatic rings. The van der Waals surface area contributed by atoms with Gasteiger partial charge in [0.25, 0.3) is 0 Å². The van der Waals surface area contributed by atoms with Gasteiger partial charge < -0.3 is 33.6 Å². The molecule has 0 bridgehead atoms. The molecule has 0 spiro atoms. The van der Waals surface area contributed by atoms with E-state index in [1.165, 1.54) is 16.4 Å². The van der Waals surface area contributed by atoms with Gasteiger partial charge in [-0.1, -0.05) is 48.6 Å². The van der Waals surface area contributed by atoms with E-state index >= 15 is 0 Å². The largest absolute Gasteiger partial charge is 1.00 e. The SMILES string of the molecule is C[n+]1ccc(/C=C/C=C/C=C/C=C/c2ccc(-[n+]3cc([O-])on3)cc2)cc1.[I-]. The normalized spacial score (nSPS) is 11.8. The molecule has 5 nitrogen and oxygen atoms in total. The molecule has 0 saturated carbocycles. The van der Waals surface area contributed by atoms with Crippen LogP contribution in [0.4, 0.5) is 0 Å². The Kier molecular flexibility index (Phi) is 8.36. The van der Waals surface area contributed by atoms with Gasteiger partial charge in [-0.2, -0.15) is 0 Å². The molecule has 0 atom stereocenters. The molecule has 0 saturated heterocycles. The van der Waals surface area contributed by atoms with Gasteiger partial charge in [0, 0.05) is 24.3 Å². The van der Waals surface area contributed by atoms with E-state index in [-0.39, 0.29) is 24.0 Å². The highest BCUT2D eigenvalue weighted by Crippen LogP contribution is 2.07. The van der Waals surface area contributed by atoms with E-state index in [1.54, 1.807) is 0 Å². The summed E-state index contributed by atoms with van der Waals surface area (Å²) in [4.78, 5) is 0. The number of pyridine rings is 1. The smallest absolute Gasteiger partial charge is 0.239 e. The maximum absolute atomic E-state index is 11.0. The van der Waals surface area contributed by atoms with Crippen molar-refractivity contribution in [1.29, 1.82) is 0 Å². The monoisotopic (exact) mass is 485 g/mol. The first-order valence-electron chi connectivity index (χ1n) is 8.50. The maximum atomic E-state index is 11.0. The molecule has 6 heteroatoms. The van der Waals surface area contributed by atoms with Crippen LogP contribution in [0.2, 0.25) is 0 Å². The average Bonchev–Trinajstić information content (AvgIpc) is 3.12. The van der Waals surface area contributed by atoms with Gasteiger partial charge in [0.15, 0.2) is 12.4 Å². The summed E-state index contributed by atoms with van der Waals surface area (Å²) in [6.45, 7) is 0. The number of hydrogen-bond donors (Lipinski definition) is 0. The van der Waals surface area contributed by atoms with Crippen molar-refractivity contribution in [3.8, 4) is 11.6 Å². The molecule has 28 heavy (non-hydrogen) atoms. The van der Waals surface area contributed by atoms with Crippen molar-refractivity contribution < 1.29 is 42.9 Å². The van der Waals surface area contributed by atoms with E-state index in [0.29, 0.717) is 0 Å². The fourth-order valence-corrected chi connectivity index (χ4v) is 2.30. The van der Waals surface area contributed by atoms with Gasteiger partial charge in [0.05, 0.1) is 5.27 Å². The number of nitrogens with zero attached hydrogens (tertiary/aromatic N) is 3. The van der Waals surface area contributed by atoms with E-state index in [0.717, 1.165) is 11.3 Å². The molecule has 142 valence electrons. The summed E-state index contributed by atoms with van der Waals surface area (Å²) in [5, 5.41) is 14.6. The molecule has 2 aromatic heterocycles. The second kappa shape index (κ2) is 11.0. The zero-order valence-electron chi connectivity index (χ0n) is 15.4. The lowest BCUT2D eigenvalue weighted by atomic mass is 10.2. The Morgan fingerprint density at radius 3 is 1.89 bits per heavy atom. The predicted octanol–water partition coefficient (Wildman–Crippen LogP) is -0.308. The van der Waals surface area contributed by atoms with Gasteiger partial charge >= 0.3 is 0 Å². The predicted molar refractivity (Wildman–Crippen MR) is 101 cm³/mol. The van der Waals surface area contributed by atoms with E-state index in [9.17, 15) is 5.11 Å². The van der Waals surface area contributed by atoms with Crippen LogP contribution in [-0.4, -0.2) is 5.27 Å². The Labute approximate surface area is 181 Å². The molecule has 3 rings (SSSR count). The first kappa shape index (κ1) is 21.3. The molecule has 1 aromatic carbocycles. The molecular weight excluding hydrogens is 465 g/mol. The second-order valence-corrected chi connectivity index (χ2v) is 5.84. The van der Waals surface area contributed by atoms with E-state index < -0.39 is 5.95 Å². The maximum Gasteiger partial charge on any atom is 0.239 e. The van der Waals surface area contributed by atoms with E-state index in [1.807, 2.05) is 90.8 Å². The number of allylic oxidation sites excluding steroid dienone is 6. The molecule has 0 aliphatic carbocycles. The van der Waals surface area contributed by atoms with Crippen molar-refractivity contribution in [3.63, 3.8) is 0 Å². The van der Waals surface area contributed by atoms with Crippen LogP contribution in [0, 0.1) is 0 Å². The van der Waals surface area contributed by atoms with Crippen molar-refractivity contribution in [2.75, 3.05) is 0 Å². The van der Waals surface area contributed by atoms with Gasteiger partial charge in [-0.05, 0) is 27.9 Å². The van der Waals surface area contributed by atoms with Crippen LogP contribution < -0.4 is 38.3 Å². The van der Waals surface area contributed by atoms with Gasteiger partial charge in [-0.15, -0.1) is 0 Å². The molecule has 0 amide bonds. The van der Waals surface area contributed by atoms with Gasteiger partial charge in [0.1, 0.15) is 13.0 Å². The van der Waals surface area contributed by atoms with Crippen LogP contribution in [-0.2, 0) is 7.05 Å². The minimum atomic E-state index is -0.468. The van der Waals surface area contributed by atoms with E-state index in [4.69, 9.17) is 0 Å². The summed E-state index contributed by atoms with van der Waals surface area (Å²) in [5.41, 5.74) is 2.99. The minimum Gasteiger partial charge on any atom is -1.00 e. The Hall–Kier alpha value is -3.00. The summed E-state index contributed by atoms with van der Waals surface area (Å²) in [6.07, 6.45) is 21.3. The van der Waals surface area contributed by atoms with Crippen molar-refractivity contribution >= 4 is 12.2 Å². The van der Waals surface area contributed by atoms with Gasteiger partial charge in [-0.25, -0.2) is 4.57 Å². The van der Waals surface area contributed by atoms with Gasteiger partial charge in [0.2, 0.25) is 11.9 Å². The van der Waals surface area contributed by atoms with Crippen molar-refractivity contribution in [2.24, 2.45) is 7.05 Å². The molecule has 0 aliphatic rings. The quantitative estimate of drug-likeness (QED) is 0.274. The molecule has 0 N–H and O–H groups in total. The standard InChI is InChI=1S/C22H20N3O2.HI/c1-24-16-14-20(15-17-24)9-7-5-3-2-4-6-8-19-10-12-21(13-11-19)25-18-22(26)27-23-25;/h2-18H,1H3;1H/q+1;/p-1/b4-2+,5-3+,8-6+,9-7+;. The highest BCUT2D eigenvalue weighted by atomic mass is 127. The zero-order valence-corrected chi connectivity index (χ0v) is 17.5. The lowest BCUT2D eigenvalue weighted by Crippen LogP contribution is -3.00. The van der Waals surface area contributed by atoms with Crippen molar-refractivity contribution in [2.45, 2.75) is 0 Å². The van der Waals surface area contributed by atoms with Crippen molar-refractivity contribution in [3.05, 3.63) is 103 Å². The molecule has 0 fully saturated rings. The fraction of sp³-hybridized carbons (Fsp3) is 0.0455. The Morgan fingerprint density at radius 1 is 0.821 bits per heavy atom. The summed E-state index contributed by atoms with van der Waals surface area (Å²) in [5.74, 6) is -0.468. The molecule has 0 radical (unpaired) electrons. The average molecular weight is 485 g/mol. The third-order valence-electron chi connectivity index (χ3n) is 3.74. The van der Waals surface area contributed by atoms with Crippen LogP contribution in [0.1, 0.15) is 11.1 Å². The Bertz CT molecular complexity index is 985. The third kappa shape index (κ3) is 6.62. The summed E-state index contributed by atoms with van der Waals surface area (Å²) in [7, 11) is 2.00. The number of halogens is 1. The number of aryl methyl sites for hydroxylation is 1. The fourth-order valence-electron chi connectivity index (χ4n) is 2.30. The highest BCUT2D eigenvalue weighted by Gasteiger charge is 2.07. The summed E-state index contributed by atoms with van der Waals surface area (Å²) < 4.78 is 7.93. The van der Waals surface area contributed by atoms with Gasteiger partial charge in [-0.3, -0.25) is 0 Å². The Morgan fingerprint density at radius 2 is 1.36 bits per heavy atom. The van der Waals surface area contributed by atoms with E-state index in [2.05, 4.69) is 28.0 Å². The molecule has 0 unspecified atom stereocenters. The van der Waals surface area contributed by atoms with Crippen LogP contribution >= 0.6 is 0 Å². The number of hydrogen-bond acceptors (Lipinski definition) is 3. The van der Waals surface area contributed by atoms with Crippen LogP contribution in [0.5, 0.6) is 5.95 Å². The highest BCUT2D eigenvalue weighted by molar-refractivity contribution is 5.52. The van der Waals surface area contributed by atoms with Crippen LogP contribution in [0.15, 0.2) is 96.0 Å². The number of aromatic nitrogens is 3. The molecular formula is C22H20IN3O2. The van der Waals surface area contributed by atoms with Crippen molar-refractivity contribution in [1.82, 2.24) is 5.27 Å². The zero-order chi connectivity index (χ0) is 18.9. The molecule has 2 heterocycles. The minimum absolute atomic E-state index is 0. The number of benzene rings is 1. The third-order valence-corrected chi connectivity index (χ3v) is 3.74. The Balaban J connectivity index is 0.00000280. The lowest BCUT2D eigenvalue weighted by molar-refractivity contribution is -0.671. The summed E-state index contributed by atoms with van der Waals surface area (Å²) in [6, 6.07) is 11.8. The van der Waals surface area contributed by atoms with Crippen LogP contribution in [0.25, 0.3) is 17.8 Å². The topological polar surface area (TPSA) is 56.9 Å².